The molecule has 4 N–H and O–H groups in total. The lowest BCUT2D eigenvalue weighted by Crippen LogP contribution is -2.49. The number of amides is 2. The Hall–Kier alpha value is -2.65. The van der Waals surface area contributed by atoms with Gasteiger partial charge in [0.1, 0.15) is 0 Å². The van der Waals surface area contributed by atoms with Crippen molar-refractivity contribution >= 4 is 28.9 Å². The predicted octanol–water partition coefficient (Wildman–Crippen LogP) is 2.44. The first-order chi connectivity index (χ1) is 14.1. The number of nitrogen functional groups attached to an aromatic ring is 1. The van der Waals surface area contributed by atoms with Gasteiger partial charge >= 0.3 is 6.18 Å². The maximum atomic E-state index is 13.0. The van der Waals surface area contributed by atoms with Crippen molar-refractivity contribution in [3.8, 4) is 0 Å². The van der Waals surface area contributed by atoms with Gasteiger partial charge in [-0.1, -0.05) is 0 Å². The molecule has 2 amide bonds. The second-order valence-electron chi connectivity index (χ2n) is 8.01. The molecule has 1 aromatic rings. The van der Waals surface area contributed by atoms with Gasteiger partial charge in [-0.2, -0.15) is 13.2 Å². The summed E-state index contributed by atoms with van der Waals surface area (Å²) in [6.07, 6.45) is -3.61. The van der Waals surface area contributed by atoms with Crippen molar-refractivity contribution in [3.63, 3.8) is 0 Å². The fourth-order valence-corrected chi connectivity index (χ4v) is 4.06. The van der Waals surface area contributed by atoms with Crippen LogP contribution in [-0.2, 0) is 4.79 Å². The topological polar surface area (TPSA) is 90.7 Å². The van der Waals surface area contributed by atoms with Crippen molar-refractivity contribution in [2.24, 2.45) is 5.92 Å². The Kier molecular flexibility index (Phi) is 6.33. The molecule has 0 atom stereocenters. The lowest BCUT2D eigenvalue weighted by Gasteiger charge is -2.35. The zero-order chi connectivity index (χ0) is 22.1. The summed E-state index contributed by atoms with van der Waals surface area (Å²) in [6, 6.07) is 2.98. The molecule has 0 spiro atoms. The average molecular weight is 427 g/mol. The number of alkyl halides is 3. The van der Waals surface area contributed by atoms with Crippen molar-refractivity contribution in [1.29, 1.82) is 0 Å². The molecule has 1 saturated heterocycles. The molecule has 1 heterocycles. The van der Waals surface area contributed by atoms with Crippen LogP contribution in [0.15, 0.2) is 12.1 Å². The van der Waals surface area contributed by atoms with Gasteiger partial charge in [0, 0.05) is 33.2 Å². The van der Waals surface area contributed by atoms with E-state index in [4.69, 9.17) is 5.73 Å². The number of benzene rings is 1. The molecule has 2 fully saturated rings. The van der Waals surface area contributed by atoms with Crippen molar-refractivity contribution in [2.45, 2.75) is 37.9 Å². The first-order valence-electron chi connectivity index (χ1n) is 10.1. The van der Waals surface area contributed by atoms with Gasteiger partial charge in [0.15, 0.2) is 0 Å². The second kappa shape index (κ2) is 8.61. The number of nitrogens with zero attached hydrogens (tertiary/aromatic N) is 2. The predicted molar refractivity (Wildman–Crippen MR) is 110 cm³/mol. The summed E-state index contributed by atoms with van der Waals surface area (Å²) in [5.74, 6) is -1.75. The lowest BCUT2D eigenvalue weighted by molar-refractivity contribution is -0.182. The molecule has 30 heavy (non-hydrogen) atoms. The van der Waals surface area contributed by atoms with Crippen molar-refractivity contribution in [3.05, 3.63) is 17.7 Å². The summed E-state index contributed by atoms with van der Waals surface area (Å²) in [6.45, 7) is 1.23. The van der Waals surface area contributed by atoms with Gasteiger partial charge in [-0.25, -0.2) is 0 Å². The first kappa shape index (κ1) is 22.0. The number of likely N-dealkylation sites (N-methyl/N-ethyl adjacent to an activating group) is 1. The van der Waals surface area contributed by atoms with E-state index >= 15 is 0 Å². The monoisotopic (exact) mass is 427 g/mol. The molecular weight excluding hydrogens is 399 g/mol. The minimum Gasteiger partial charge on any atom is -0.397 e. The highest BCUT2D eigenvalue weighted by Crippen LogP contribution is 2.38. The molecule has 166 valence electrons. The maximum Gasteiger partial charge on any atom is 0.391 e. The van der Waals surface area contributed by atoms with Crippen LogP contribution in [0.5, 0.6) is 0 Å². The van der Waals surface area contributed by atoms with Gasteiger partial charge in [-0.15, -0.1) is 0 Å². The summed E-state index contributed by atoms with van der Waals surface area (Å²) in [5.41, 5.74) is 7.98. The van der Waals surface area contributed by atoms with Crippen LogP contribution in [-0.4, -0.2) is 62.7 Å². The minimum atomic E-state index is -4.19. The standard InChI is InChI=1S/C20H28F3N5O2/c1-25-16-10-17(28-8-7-27(2)18(29)11-28)14(9-15(16)24)19(30)26-13-5-3-12(4-6-13)20(21,22)23/h9-10,12-13,25H,3-8,11,24H2,1-2H3,(H,26,30). The van der Waals surface area contributed by atoms with E-state index in [2.05, 4.69) is 10.6 Å². The Balaban J connectivity index is 1.78. The van der Waals surface area contributed by atoms with Gasteiger partial charge in [0.25, 0.3) is 5.91 Å². The summed E-state index contributed by atoms with van der Waals surface area (Å²) in [4.78, 5) is 28.6. The number of nitrogens with one attached hydrogen (secondary N) is 2. The first-order valence-corrected chi connectivity index (χ1v) is 10.1. The van der Waals surface area contributed by atoms with E-state index in [0.717, 1.165) is 0 Å². The fourth-order valence-electron chi connectivity index (χ4n) is 4.06. The summed E-state index contributed by atoms with van der Waals surface area (Å²) >= 11 is 0. The van der Waals surface area contributed by atoms with Crippen LogP contribution >= 0.6 is 0 Å². The molecule has 1 saturated carbocycles. The van der Waals surface area contributed by atoms with Gasteiger partial charge < -0.3 is 26.2 Å². The lowest BCUT2D eigenvalue weighted by atomic mass is 9.85. The number of anilines is 3. The average Bonchev–Trinajstić information content (AvgIpc) is 2.69. The number of carbonyl (C=O) groups is 2. The normalized spacial score (nSPS) is 22.8. The smallest absolute Gasteiger partial charge is 0.391 e. The Morgan fingerprint density at radius 3 is 2.40 bits per heavy atom. The number of piperazine rings is 1. The van der Waals surface area contributed by atoms with Crippen molar-refractivity contribution in [2.75, 3.05) is 49.7 Å². The summed E-state index contributed by atoms with van der Waals surface area (Å²) < 4.78 is 38.7. The molecule has 0 radical (unpaired) electrons. The molecule has 0 aromatic heterocycles. The largest absolute Gasteiger partial charge is 0.397 e. The highest BCUT2D eigenvalue weighted by Gasteiger charge is 2.41. The summed E-state index contributed by atoms with van der Waals surface area (Å²) in [5, 5.41) is 5.84. The fraction of sp³-hybridized carbons (Fsp3) is 0.600. The molecular formula is C20H28F3N5O2. The van der Waals surface area contributed by atoms with Crippen LogP contribution in [0.2, 0.25) is 0 Å². The molecule has 1 aliphatic carbocycles. The number of hydrogen-bond donors (Lipinski definition) is 3. The van der Waals surface area contributed by atoms with E-state index in [1.807, 2.05) is 4.90 Å². The minimum absolute atomic E-state index is 0.00902. The molecule has 2 aliphatic rings. The van der Waals surface area contributed by atoms with E-state index in [1.165, 1.54) is 0 Å². The molecule has 3 rings (SSSR count). The highest BCUT2D eigenvalue weighted by atomic mass is 19.4. The molecule has 7 nitrogen and oxygen atoms in total. The Bertz CT molecular complexity index is 806. The number of carbonyl (C=O) groups excluding carboxylic acids is 2. The Morgan fingerprint density at radius 1 is 1.17 bits per heavy atom. The number of nitrogens with two attached hydrogens (primary N) is 1. The van der Waals surface area contributed by atoms with Crippen molar-refractivity contribution in [1.82, 2.24) is 10.2 Å². The van der Waals surface area contributed by atoms with Crippen LogP contribution in [0.3, 0.4) is 0 Å². The third-order valence-corrected chi connectivity index (χ3v) is 6.01. The van der Waals surface area contributed by atoms with E-state index < -0.39 is 12.1 Å². The van der Waals surface area contributed by atoms with Gasteiger partial charge in [-0.05, 0) is 37.8 Å². The molecule has 1 aliphatic heterocycles. The van der Waals surface area contributed by atoms with Crippen molar-refractivity contribution < 1.29 is 22.8 Å². The molecule has 10 heteroatoms. The van der Waals surface area contributed by atoms with Crippen LogP contribution < -0.4 is 21.3 Å². The molecule has 1 aromatic carbocycles. The molecule has 0 unspecified atom stereocenters. The van der Waals surface area contributed by atoms with Crippen LogP contribution in [0, 0.1) is 5.92 Å². The van der Waals surface area contributed by atoms with Crippen LogP contribution in [0.25, 0.3) is 0 Å². The SMILES string of the molecule is CNc1cc(N2CCN(C)C(=O)C2)c(C(=O)NC2CCC(C(F)(F)F)CC2)cc1N. The maximum absolute atomic E-state index is 13.0. The zero-order valence-corrected chi connectivity index (χ0v) is 17.2. The third kappa shape index (κ3) is 4.73. The third-order valence-electron chi connectivity index (χ3n) is 6.01. The highest BCUT2D eigenvalue weighted by molar-refractivity contribution is 6.03. The number of halogens is 3. The number of rotatable bonds is 4. The van der Waals surface area contributed by atoms with E-state index in [-0.39, 0.29) is 50.1 Å². The van der Waals surface area contributed by atoms with E-state index in [1.54, 1.807) is 31.1 Å². The second-order valence-corrected chi connectivity index (χ2v) is 8.01. The van der Waals surface area contributed by atoms with Gasteiger partial charge in [0.2, 0.25) is 5.91 Å². The zero-order valence-electron chi connectivity index (χ0n) is 17.2. The molecule has 0 bridgehead atoms. The van der Waals surface area contributed by atoms with Crippen LogP contribution in [0.4, 0.5) is 30.2 Å². The van der Waals surface area contributed by atoms with E-state index in [0.29, 0.717) is 35.7 Å². The van der Waals surface area contributed by atoms with Gasteiger partial charge in [0.05, 0.1) is 35.1 Å². The summed E-state index contributed by atoms with van der Waals surface area (Å²) in [7, 11) is 3.44. The quantitative estimate of drug-likeness (QED) is 0.642. The Labute approximate surface area is 173 Å². The van der Waals surface area contributed by atoms with Gasteiger partial charge in [-0.3, -0.25) is 9.59 Å². The number of hydrogen-bond acceptors (Lipinski definition) is 5. The van der Waals surface area contributed by atoms with Crippen LogP contribution in [0.1, 0.15) is 36.0 Å². The van der Waals surface area contributed by atoms with E-state index in [9.17, 15) is 22.8 Å². The Morgan fingerprint density at radius 2 is 1.83 bits per heavy atom.